The average Bonchev–Trinajstić information content (AvgIpc) is 2.77. The summed E-state index contributed by atoms with van der Waals surface area (Å²) in [5.74, 6) is 1.03. The van der Waals surface area contributed by atoms with Gasteiger partial charge < -0.3 is 10.5 Å². The van der Waals surface area contributed by atoms with Gasteiger partial charge in [-0.05, 0) is 53.8 Å². The Morgan fingerprint density at radius 2 is 2.05 bits per heavy atom. The van der Waals surface area contributed by atoms with Crippen molar-refractivity contribution in [2.45, 2.75) is 32.9 Å². The lowest BCUT2D eigenvalue weighted by molar-refractivity contribution is 0.254. The predicted molar refractivity (Wildman–Crippen MR) is 78.3 cm³/mol. The molecule has 1 unspecified atom stereocenters. The number of ether oxygens (including phenoxy) is 1. The molecule has 19 heavy (non-hydrogen) atoms. The molecule has 0 radical (unpaired) electrons. The molecular formula is C17H19NO. The molecule has 0 aliphatic carbocycles. The van der Waals surface area contributed by atoms with Crippen molar-refractivity contribution in [3.05, 3.63) is 53.1 Å². The maximum Gasteiger partial charge on any atom is 0.123 e. The maximum absolute atomic E-state index is 5.75. The zero-order valence-corrected chi connectivity index (χ0v) is 11.4. The largest absolute Gasteiger partial charge is 0.490 e. The van der Waals surface area contributed by atoms with Crippen LogP contribution in [0.4, 0.5) is 0 Å². The van der Waals surface area contributed by atoms with E-state index in [1.807, 2.05) is 0 Å². The number of hydrogen-bond donors (Lipinski definition) is 1. The molecule has 0 fully saturated rings. The van der Waals surface area contributed by atoms with Crippen LogP contribution in [0, 0.1) is 6.92 Å². The highest BCUT2D eigenvalue weighted by Gasteiger charge is 2.19. The normalized spacial score (nSPS) is 17.1. The minimum atomic E-state index is 0.297. The Bertz CT molecular complexity index is 619. The van der Waals surface area contributed by atoms with Crippen LogP contribution in [0.5, 0.6) is 5.75 Å². The molecule has 0 saturated heterocycles. The van der Waals surface area contributed by atoms with Gasteiger partial charge in [-0.25, -0.2) is 0 Å². The topological polar surface area (TPSA) is 35.2 Å². The molecule has 2 nitrogen and oxygen atoms in total. The Kier molecular flexibility index (Phi) is 3.03. The Morgan fingerprint density at radius 1 is 1.21 bits per heavy atom. The summed E-state index contributed by atoms with van der Waals surface area (Å²) < 4.78 is 5.75. The second-order valence-electron chi connectivity index (χ2n) is 5.31. The molecule has 1 atom stereocenters. The van der Waals surface area contributed by atoms with Gasteiger partial charge in [0, 0.05) is 13.0 Å². The van der Waals surface area contributed by atoms with E-state index < -0.39 is 0 Å². The summed E-state index contributed by atoms with van der Waals surface area (Å²) in [5.41, 5.74) is 12.0. The van der Waals surface area contributed by atoms with Gasteiger partial charge in [0.05, 0.1) is 0 Å². The smallest absolute Gasteiger partial charge is 0.123 e. The number of benzene rings is 2. The Morgan fingerprint density at radius 3 is 2.79 bits per heavy atom. The first-order valence-electron chi connectivity index (χ1n) is 6.77. The molecule has 1 heterocycles. The minimum Gasteiger partial charge on any atom is -0.490 e. The van der Waals surface area contributed by atoms with Crippen LogP contribution in [0.25, 0.3) is 11.1 Å². The highest BCUT2D eigenvalue weighted by molar-refractivity contribution is 5.69. The Balaban J connectivity index is 2.01. The SMILES string of the molecule is Cc1cc(CN)ccc1-c1ccc2c(c1)CC(C)O2. The zero-order valence-electron chi connectivity index (χ0n) is 11.4. The van der Waals surface area contributed by atoms with Crippen molar-refractivity contribution < 1.29 is 4.74 Å². The molecule has 2 N–H and O–H groups in total. The van der Waals surface area contributed by atoms with Crippen molar-refractivity contribution >= 4 is 0 Å². The van der Waals surface area contributed by atoms with Crippen LogP contribution in [-0.4, -0.2) is 6.10 Å². The fourth-order valence-corrected chi connectivity index (χ4v) is 2.77. The molecule has 0 aromatic heterocycles. The van der Waals surface area contributed by atoms with Crippen molar-refractivity contribution in [2.75, 3.05) is 0 Å². The molecule has 2 heteroatoms. The number of aryl methyl sites for hydroxylation is 1. The van der Waals surface area contributed by atoms with Crippen molar-refractivity contribution in [2.24, 2.45) is 5.73 Å². The van der Waals surface area contributed by atoms with Gasteiger partial charge in [-0.3, -0.25) is 0 Å². The van der Waals surface area contributed by atoms with E-state index in [0.29, 0.717) is 12.6 Å². The fraction of sp³-hybridized carbons (Fsp3) is 0.294. The lowest BCUT2D eigenvalue weighted by Gasteiger charge is -2.09. The van der Waals surface area contributed by atoms with Crippen LogP contribution in [0.2, 0.25) is 0 Å². The lowest BCUT2D eigenvalue weighted by Crippen LogP contribution is -2.05. The van der Waals surface area contributed by atoms with Crippen LogP contribution >= 0.6 is 0 Å². The van der Waals surface area contributed by atoms with Gasteiger partial charge in [-0.2, -0.15) is 0 Å². The third-order valence-electron chi connectivity index (χ3n) is 3.73. The zero-order chi connectivity index (χ0) is 13.4. The van der Waals surface area contributed by atoms with Crippen LogP contribution in [0.15, 0.2) is 36.4 Å². The second kappa shape index (κ2) is 4.71. The predicted octanol–water partition coefficient (Wildman–Crippen LogP) is 3.44. The summed E-state index contributed by atoms with van der Waals surface area (Å²) in [4.78, 5) is 0. The van der Waals surface area contributed by atoms with Crippen LogP contribution < -0.4 is 10.5 Å². The van der Waals surface area contributed by atoms with Gasteiger partial charge in [0.25, 0.3) is 0 Å². The molecule has 3 rings (SSSR count). The molecule has 0 amide bonds. The molecule has 98 valence electrons. The molecule has 1 aliphatic rings. The van der Waals surface area contributed by atoms with E-state index in [-0.39, 0.29) is 0 Å². The van der Waals surface area contributed by atoms with E-state index in [0.717, 1.165) is 12.2 Å². The molecule has 0 bridgehead atoms. The second-order valence-corrected chi connectivity index (χ2v) is 5.31. The first-order chi connectivity index (χ1) is 9.17. The van der Waals surface area contributed by atoms with Crippen LogP contribution in [0.1, 0.15) is 23.6 Å². The Labute approximate surface area is 114 Å². The molecule has 2 aromatic rings. The summed E-state index contributed by atoms with van der Waals surface area (Å²) in [6, 6.07) is 12.9. The number of rotatable bonds is 2. The van der Waals surface area contributed by atoms with E-state index in [2.05, 4.69) is 50.2 Å². The van der Waals surface area contributed by atoms with Gasteiger partial charge in [-0.1, -0.05) is 24.3 Å². The van der Waals surface area contributed by atoms with Crippen molar-refractivity contribution in [1.29, 1.82) is 0 Å². The molecule has 1 aliphatic heterocycles. The van der Waals surface area contributed by atoms with E-state index in [1.54, 1.807) is 0 Å². The Hall–Kier alpha value is -1.80. The molecule has 2 aromatic carbocycles. The van der Waals surface area contributed by atoms with E-state index >= 15 is 0 Å². The van der Waals surface area contributed by atoms with E-state index in [4.69, 9.17) is 10.5 Å². The summed E-state index contributed by atoms with van der Waals surface area (Å²) in [5, 5.41) is 0. The van der Waals surface area contributed by atoms with Crippen molar-refractivity contribution in [1.82, 2.24) is 0 Å². The number of nitrogens with two attached hydrogens (primary N) is 1. The third-order valence-corrected chi connectivity index (χ3v) is 3.73. The van der Waals surface area contributed by atoms with Crippen LogP contribution in [-0.2, 0) is 13.0 Å². The van der Waals surface area contributed by atoms with E-state index in [9.17, 15) is 0 Å². The number of fused-ring (bicyclic) bond motifs is 1. The lowest BCUT2D eigenvalue weighted by atomic mass is 9.96. The quantitative estimate of drug-likeness (QED) is 0.889. The average molecular weight is 253 g/mol. The maximum atomic E-state index is 5.75. The third kappa shape index (κ3) is 2.24. The summed E-state index contributed by atoms with van der Waals surface area (Å²) in [6.45, 7) is 4.85. The minimum absolute atomic E-state index is 0.297. The molecule has 0 spiro atoms. The first-order valence-corrected chi connectivity index (χ1v) is 6.77. The van der Waals surface area contributed by atoms with Gasteiger partial charge >= 0.3 is 0 Å². The number of hydrogen-bond acceptors (Lipinski definition) is 2. The highest BCUT2D eigenvalue weighted by atomic mass is 16.5. The monoisotopic (exact) mass is 253 g/mol. The van der Waals surface area contributed by atoms with Crippen LogP contribution in [0.3, 0.4) is 0 Å². The first kappa shape index (κ1) is 12.2. The van der Waals surface area contributed by atoms with Crippen molar-refractivity contribution in [3.63, 3.8) is 0 Å². The summed E-state index contributed by atoms with van der Waals surface area (Å²) in [6.07, 6.45) is 1.30. The molecule has 0 saturated carbocycles. The van der Waals surface area contributed by atoms with Gasteiger partial charge in [0.1, 0.15) is 11.9 Å². The standard InChI is InChI=1S/C17H19NO/c1-11-7-13(10-18)3-5-16(11)14-4-6-17-15(9-14)8-12(2)19-17/h3-7,9,12H,8,10,18H2,1-2H3. The van der Waals surface area contributed by atoms with Gasteiger partial charge in [0.15, 0.2) is 0 Å². The fourth-order valence-electron chi connectivity index (χ4n) is 2.77. The molecular weight excluding hydrogens is 234 g/mol. The van der Waals surface area contributed by atoms with Gasteiger partial charge in [0.2, 0.25) is 0 Å². The van der Waals surface area contributed by atoms with Gasteiger partial charge in [-0.15, -0.1) is 0 Å². The summed E-state index contributed by atoms with van der Waals surface area (Å²) in [7, 11) is 0. The van der Waals surface area contributed by atoms with E-state index in [1.165, 1.54) is 27.8 Å². The highest BCUT2D eigenvalue weighted by Crippen LogP contribution is 2.34. The summed E-state index contributed by atoms with van der Waals surface area (Å²) >= 11 is 0. The van der Waals surface area contributed by atoms with Crippen molar-refractivity contribution in [3.8, 4) is 16.9 Å².